The summed E-state index contributed by atoms with van der Waals surface area (Å²) < 4.78 is 6.70. The van der Waals surface area contributed by atoms with Crippen LogP contribution in [0.2, 0.25) is 0 Å². The molecule has 15 heavy (non-hydrogen) atoms. The minimum atomic E-state index is -0.612. The molecule has 0 saturated heterocycles. The van der Waals surface area contributed by atoms with Crippen molar-refractivity contribution >= 4 is 21.6 Å². The lowest BCUT2D eigenvalue weighted by molar-refractivity contribution is 0.0395. The zero-order valence-corrected chi connectivity index (χ0v) is 10.1. The van der Waals surface area contributed by atoms with Gasteiger partial charge in [-0.3, -0.25) is 0 Å². The minimum Gasteiger partial charge on any atom is -0.484 e. The molecule has 0 saturated carbocycles. The van der Waals surface area contributed by atoms with Crippen LogP contribution in [0.25, 0.3) is 0 Å². The Balaban J connectivity index is 2.22. The van der Waals surface area contributed by atoms with Gasteiger partial charge in [0.15, 0.2) is 6.23 Å². The molecule has 2 rings (SSSR count). The molecule has 0 spiro atoms. The Labute approximate surface area is 97.6 Å². The summed E-state index contributed by atoms with van der Waals surface area (Å²) in [5.41, 5.74) is 0.845. The van der Waals surface area contributed by atoms with Crippen LogP contribution >= 0.6 is 15.9 Å². The molecule has 0 aliphatic carbocycles. The molecule has 0 fully saturated rings. The van der Waals surface area contributed by atoms with E-state index in [1.54, 1.807) is 0 Å². The summed E-state index contributed by atoms with van der Waals surface area (Å²) in [6.07, 6.45) is 1.07. The predicted molar refractivity (Wildman–Crippen MR) is 63.1 cm³/mol. The summed E-state index contributed by atoms with van der Waals surface area (Å²) in [5.74, 6) is 0.799. The number of halogens is 1. The average Bonchev–Trinajstić information content (AvgIpc) is 2.20. The maximum Gasteiger partial charge on any atom is 0.162 e. The smallest absolute Gasteiger partial charge is 0.162 e. The van der Waals surface area contributed by atoms with Crippen molar-refractivity contribution in [2.45, 2.75) is 32.1 Å². The normalized spacial score (nSPS) is 23.9. The Morgan fingerprint density at radius 2 is 2.33 bits per heavy atom. The molecule has 2 N–H and O–H groups in total. The maximum atomic E-state index is 9.77. The number of hydrogen-bond acceptors (Lipinski definition) is 3. The lowest BCUT2D eigenvalue weighted by atomic mass is 10.1. The van der Waals surface area contributed by atoms with Crippen LogP contribution in [0.4, 0.5) is 5.69 Å². The molecule has 0 aromatic heterocycles. The highest BCUT2D eigenvalue weighted by Gasteiger charge is 2.26. The fraction of sp³-hybridized carbons (Fsp3) is 0.455. The molecule has 1 aliphatic rings. The third-order valence-corrected chi connectivity index (χ3v) is 2.94. The second-order valence-corrected chi connectivity index (χ2v) is 4.59. The quantitative estimate of drug-likeness (QED) is 0.869. The van der Waals surface area contributed by atoms with Crippen LogP contribution in [0, 0.1) is 0 Å². The van der Waals surface area contributed by atoms with E-state index in [2.05, 4.69) is 28.2 Å². The first-order chi connectivity index (χ1) is 7.20. The summed E-state index contributed by atoms with van der Waals surface area (Å²) in [4.78, 5) is 0. The lowest BCUT2D eigenvalue weighted by Crippen LogP contribution is -2.41. The molecule has 4 heteroatoms. The Bertz CT molecular complexity index is 356. The fourth-order valence-electron chi connectivity index (χ4n) is 1.69. The fourth-order valence-corrected chi connectivity index (χ4v) is 2.03. The molecule has 1 aromatic rings. The van der Waals surface area contributed by atoms with E-state index in [1.165, 1.54) is 0 Å². The van der Waals surface area contributed by atoms with Crippen LogP contribution in [-0.4, -0.2) is 17.4 Å². The van der Waals surface area contributed by atoms with Crippen LogP contribution in [-0.2, 0) is 0 Å². The van der Waals surface area contributed by atoms with Gasteiger partial charge in [-0.25, -0.2) is 0 Å². The van der Waals surface area contributed by atoms with Gasteiger partial charge in [0.1, 0.15) is 11.9 Å². The highest BCUT2D eigenvalue weighted by molar-refractivity contribution is 9.10. The number of ether oxygens (including phenoxy) is 1. The van der Waals surface area contributed by atoms with Crippen molar-refractivity contribution in [3.8, 4) is 5.75 Å². The van der Waals surface area contributed by atoms with E-state index in [1.807, 2.05) is 18.2 Å². The Morgan fingerprint density at radius 3 is 3.07 bits per heavy atom. The summed E-state index contributed by atoms with van der Waals surface area (Å²) in [7, 11) is 0. The maximum absolute atomic E-state index is 9.77. The van der Waals surface area contributed by atoms with Crippen molar-refractivity contribution in [3.05, 3.63) is 22.7 Å². The molecule has 0 radical (unpaired) electrons. The van der Waals surface area contributed by atoms with Gasteiger partial charge in [-0.1, -0.05) is 29.3 Å². The largest absolute Gasteiger partial charge is 0.484 e. The van der Waals surface area contributed by atoms with E-state index in [-0.39, 0.29) is 6.10 Å². The number of aliphatic hydroxyl groups excluding tert-OH is 1. The first-order valence-electron chi connectivity index (χ1n) is 5.11. The molecule has 1 heterocycles. The van der Waals surface area contributed by atoms with Crippen molar-refractivity contribution in [1.29, 1.82) is 0 Å². The van der Waals surface area contributed by atoms with Gasteiger partial charge in [-0.2, -0.15) is 0 Å². The zero-order valence-electron chi connectivity index (χ0n) is 8.53. The van der Waals surface area contributed by atoms with E-state index in [9.17, 15) is 5.11 Å². The van der Waals surface area contributed by atoms with Crippen LogP contribution < -0.4 is 10.1 Å². The summed E-state index contributed by atoms with van der Waals surface area (Å²) in [6.45, 7) is 2.08. The van der Waals surface area contributed by atoms with Crippen LogP contribution in [0.1, 0.15) is 19.8 Å². The van der Waals surface area contributed by atoms with Gasteiger partial charge in [0.25, 0.3) is 0 Å². The van der Waals surface area contributed by atoms with Crippen molar-refractivity contribution in [1.82, 2.24) is 0 Å². The van der Waals surface area contributed by atoms with Crippen LogP contribution in [0.3, 0.4) is 0 Å². The van der Waals surface area contributed by atoms with Gasteiger partial charge in [-0.05, 0) is 24.6 Å². The van der Waals surface area contributed by atoms with Crippen molar-refractivity contribution < 1.29 is 9.84 Å². The number of fused-ring (bicyclic) bond motifs is 1. The highest BCUT2D eigenvalue weighted by Crippen LogP contribution is 2.34. The molecule has 0 amide bonds. The predicted octanol–water partition coefficient (Wildman–Crippen LogP) is 2.74. The second-order valence-electron chi connectivity index (χ2n) is 3.67. The number of aliphatic hydroxyl groups is 1. The van der Waals surface area contributed by atoms with Gasteiger partial charge in [0.05, 0.1) is 5.69 Å². The number of rotatable bonds is 2. The van der Waals surface area contributed by atoms with Crippen LogP contribution in [0.5, 0.6) is 5.75 Å². The Kier molecular flexibility index (Phi) is 3.17. The van der Waals surface area contributed by atoms with Gasteiger partial charge >= 0.3 is 0 Å². The molecular formula is C11H14BrNO2. The third kappa shape index (κ3) is 2.26. The van der Waals surface area contributed by atoms with E-state index in [0.717, 1.165) is 28.8 Å². The molecule has 82 valence electrons. The zero-order chi connectivity index (χ0) is 10.8. The summed E-state index contributed by atoms with van der Waals surface area (Å²) >= 11 is 3.39. The molecule has 0 bridgehead atoms. The lowest BCUT2D eigenvalue weighted by Gasteiger charge is -2.31. The molecule has 2 atom stereocenters. The highest BCUT2D eigenvalue weighted by atomic mass is 79.9. The van der Waals surface area contributed by atoms with Gasteiger partial charge in [0.2, 0.25) is 0 Å². The van der Waals surface area contributed by atoms with E-state index < -0.39 is 6.23 Å². The van der Waals surface area contributed by atoms with Crippen molar-refractivity contribution in [2.24, 2.45) is 0 Å². The van der Waals surface area contributed by atoms with Gasteiger partial charge in [-0.15, -0.1) is 0 Å². The number of nitrogens with one attached hydrogen (secondary N) is 1. The standard InChI is InChI=1S/C11H14BrNO2/c1-2-3-9-11(14)13-8-5-4-7(12)6-10(8)15-9/h4-6,9,11,13-14H,2-3H2,1H3. The van der Waals surface area contributed by atoms with E-state index in [4.69, 9.17) is 4.74 Å². The first kappa shape index (κ1) is 10.8. The molecule has 3 nitrogen and oxygen atoms in total. The Hall–Kier alpha value is -0.740. The third-order valence-electron chi connectivity index (χ3n) is 2.45. The SMILES string of the molecule is CCCC1Oc2cc(Br)ccc2NC1O. The summed E-state index contributed by atoms with van der Waals surface area (Å²) in [5, 5.41) is 12.8. The second kappa shape index (κ2) is 4.41. The number of benzene rings is 1. The van der Waals surface area contributed by atoms with Crippen LogP contribution in [0.15, 0.2) is 22.7 Å². The van der Waals surface area contributed by atoms with Crippen molar-refractivity contribution in [2.75, 3.05) is 5.32 Å². The molecule has 1 aromatic carbocycles. The van der Waals surface area contributed by atoms with Gasteiger partial charge in [0, 0.05) is 4.47 Å². The molecular weight excluding hydrogens is 258 g/mol. The number of hydrogen-bond donors (Lipinski definition) is 2. The average molecular weight is 272 g/mol. The molecule has 1 aliphatic heterocycles. The monoisotopic (exact) mass is 271 g/mol. The number of anilines is 1. The Morgan fingerprint density at radius 1 is 1.53 bits per heavy atom. The summed E-state index contributed by atoms with van der Waals surface area (Å²) in [6, 6.07) is 5.73. The first-order valence-corrected chi connectivity index (χ1v) is 5.91. The van der Waals surface area contributed by atoms with E-state index in [0.29, 0.717) is 0 Å². The van der Waals surface area contributed by atoms with E-state index >= 15 is 0 Å². The minimum absolute atomic E-state index is 0.156. The molecule has 2 unspecified atom stereocenters. The van der Waals surface area contributed by atoms with Gasteiger partial charge < -0.3 is 15.2 Å². The topological polar surface area (TPSA) is 41.5 Å². The van der Waals surface area contributed by atoms with Crippen molar-refractivity contribution in [3.63, 3.8) is 0 Å².